The van der Waals surface area contributed by atoms with Crippen molar-refractivity contribution in [3.63, 3.8) is 0 Å². The molecule has 0 saturated heterocycles. The maximum atomic E-state index is 7.05. The molecule has 0 bridgehead atoms. The van der Waals surface area contributed by atoms with Gasteiger partial charge in [0.15, 0.2) is 0 Å². The number of ether oxygens (including phenoxy) is 1. The summed E-state index contributed by atoms with van der Waals surface area (Å²) in [6, 6.07) is 44.9. The average Bonchev–Trinajstić information content (AvgIpc) is 3.85. The third kappa shape index (κ3) is 5.27. The first-order valence-corrected chi connectivity index (χ1v) is 19.0. The number of aryl methyl sites for hydroxylation is 3. The zero-order valence-electron chi connectivity index (χ0n) is 32.0. The molecule has 55 heavy (non-hydrogen) atoms. The van der Waals surface area contributed by atoms with Gasteiger partial charge in [0.1, 0.15) is 35.2 Å². The normalized spacial score (nSPS) is 13.1. The smallest absolute Gasteiger partial charge is 0.149 e. The fourth-order valence-corrected chi connectivity index (χ4v) is 8.70. The summed E-state index contributed by atoms with van der Waals surface area (Å²) in [5.74, 6) is 2.34. The Labute approximate surface area is 320 Å². The minimum absolute atomic E-state index is 0.0353. The molecule has 0 N–H and O–H groups in total. The minimum Gasteiger partial charge on any atom is -0.456 e. The highest BCUT2D eigenvalue weighted by Crippen LogP contribution is 2.49. The molecule has 1 aliphatic heterocycles. The number of rotatable bonds is 5. The molecule has 4 heterocycles. The Bertz CT molecular complexity index is 2960. The lowest BCUT2D eigenvalue weighted by Crippen LogP contribution is -2.25. The lowest BCUT2D eigenvalue weighted by molar-refractivity contribution is 0.489. The summed E-state index contributed by atoms with van der Waals surface area (Å²) < 4.78 is 16.1. The topological polar surface area (TPSA) is 46.7 Å². The maximum Gasteiger partial charge on any atom is 0.149 e. The predicted octanol–water partition coefficient (Wildman–Crippen LogP) is 13.3. The fourth-order valence-electron chi connectivity index (χ4n) is 8.70. The van der Waals surface area contributed by atoms with Gasteiger partial charge in [0.2, 0.25) is 0 Å². The molecule has 0 aliphatic carbocycles. The summed E-state index contributed by atoms with van der Waals surface area (Å²) in [6.45, 7) is 14.0. The van der Waals surface area contributed by atoms with Gasteiger partial charge in [0.25, 0.3) is 0 Å². The van der Waals surface area contributed by atoms with Crippen LogP contribution in [-0.4, -0.2) is 16.2 Å². The van der Waals surface area contributed by atoms with Crippen molar-refractivity contribution in [1.82, 2.24) is 9.55 Å². The van der Waals surface area contributed by atoms with Crippen LogP contribution in [0, 0.1) is 20.8 Å². The third-order valence-electron chi connectivity index (χ3n) is 11.1. The Hall–Kier alpha value is -6.53. The molecule has 0 saturated carbocycles. The van der Waals surface area contributed by atoms with Crippen LogP contribution in [0.1, 0.15) is 43.0 Å². The molecule has 10 rings (SSSR count). The largest absolute Gasteiger partial charge is 0.456 e. The number of fused-ring (bicyclic) bond motifs is 8. The molecule has 6 nitrogen and oxygen atoms in total. The van der Waals surface area contributed by atoms with E-state index in [0.717, 1.165) is 72.4 Å². The van der Waals surface area contributed by atoms with Gasteiger partial charge in [-0.25, -0.2) is 4.98 Å². The third-order valence-corrected chi connectivity index (χ3v) is 11.1. The molecule has 0 fully saturated rings. The molecule has 1 aliphatic rings. The van der Waals surface area contributed by atoms with Gasteiger partial charge in [-0.3, -0.25) is 4.57 Å². The minimum atomic E-state index is -0.0353. The van der Waals surface area contributed by atoms with Crippen LogP contribution in [-0.2, 0) is 5.41 Å². The highest BCUT2D eigenvalue weighted by molar-refractivity contribution is 6.25. The van der Waals surface area contributed by atoms with Crippen LogP contribution in [0.15, 0.2) is 138 Å². The van der Waals surface area contributed by atoms with Crippen LogP contribution in [0.3, 0.4) is 0 Å². The standard InChI is InChI=1S/C49H42N4O2/c1-30-24-31(2)47(32(3)25-30)52-29-51(39-19-10-11-20-40(39)52)34-14-13-15-35(27-34)54-43-28-41-45(48-46(43)37-17-8-12-21-42(37)55-48)36-16-7-9-18-38(36)53(41)44-26-33(22-23-50-44)49(4,5)6/h7-28H,29H2,1-6H3. The summed E-state index contributed by atoms with van der Waals surface area (Å²) in [5, 5.41) is 4.12. The van der Waals surface area contributed by atoms with Crippen LogP contribution < -0.4 is 14.5 Å². The van der Waals surface area contributed by atoms with Crippen molar-refractivity contribution in [2.24, 2.45) is 0 Å². The van der Waals surface area contributed by atoms with E-state index in [-0.39, 0.29) is 5.41 Å². The molecule has 0 unspecified atom stereocenters. The quantitative estimate of drug-likeness (QED) is 0.177. The molecular formula is C49H42N4O2. The van der Waals surface area contributed by atoms with E-state index in [1.165, 1.54) is 33.6 Å². The number of benzene rings is 6. The van der Waals surface area contributed by atoms with E-state index in [9.17, 15) is 0 Å². The second-order valence-corrected chi connectivity index (χ2v) is 15.9. The lowest BCUT2D eigenvalue weighted by atomic mass is 9.88. The van der Waals surface area contributed by atoms with Gasteiger partial charge < -0.3 is 19.0 Å². The highest BCUT2D eigenvalue weighted by Gasteiger charge is 2.30. The summed E-state index contributed by atoms with van der Waals surface area (Å²) in [6.07, 6.45) is 1.91. The molecule has 6 aromatic carbocycles. The Balaban J connectivity index is 1.14. The van der Waals surface area contributed by atoms with Gasteiger partial charge in [-0.05, 0) is 91.4 Å². The van der Waals surface area contributed by atoms with E-state index in [4.69, 9.17) is 14.1 Å². The van der Waals surface area contributed by atoms with Gasteiger partial charge >= 0.3 is 0 Å². The summed E-state index contributed by atoms with van der Waals surface area (Å²) in [4.78, 5) is 9.74. The second-order valence-electron chi connectivity index (χ2n) is 15.9. The van der Waals surface area contributed by atoms with Gasteiger partial charge in [0.05, 0.1) is 33.2 Å². The summed E-state index contributed by atoms with van der Waals surface area (Å²) in [7, 11) is 0. The number of hydrogen-bond acceptors (Lipinski definition) is 5. The zero-order valence-corrected chi connectivity index (χ0v) is 32.0. The number of pyridine rings is 1. The van der Waals surface area contributed by atoms with Crippen LogP contribution >= 0.6 is 0 Å². The Morgan fingerprint density at radius 2 is 1.36 bits per heavy atom. The molecule has 0 radical (unpaired) electrons. The molecule has 0 spiro atoms. The number of anilines is 4. The molecule has 3 aromatic heterocycles. The summed E-state index contributed by atoms with van der Waals surface area (Å²) in [5.41, 5.74) is 13.4. The molecule has 270 valence electrons. The van der Waals surface area contributed by atoms with Gasteiger partial charge in [-0.15, -0.1) is 0 Å². The van der Waals surface area contributed by atoms with Gasteiger partial charge in [0, 0.05) is 40.5 Å². The number of nitrogens with zero attached hydrogens (tertiary/aromatic N) is 4. The van der Waals surface area contributed by atoms with Crippen molar-refractivity contribution in [1.29, 1.82) is 0 Å². The molecular weight excluding hydrogens is 677 g/mol. The molecule has 9 aromatic rings. The SMILES string of the molecule is Cc1cc(C)c(N2CN(c3cccc(Oc4cc5c(c6ccccc6n5-c5cc(C(C)(C)C)ccn5)c5oc6ccccc6c45)c3)c3ccccc32)c(C)c1. The first-order valence-electron chi connectivity index (χ1n) is 19.0. The number of furan rings is 1. The summed E-state index contributed by atoms with van der Waals surface area (Å²) >= 11 is 0. The van der Waals surface area contributed by atoms with Crippen molar-refractivity contribution < 1.29 is 9.15 Å². The predicted molar refractivity (Wildman–Crippen MR) is 227 cm³/mol. The number of aromatic nitrogens is 2. The molecule has 0 atom stereocenters. The van der Waals surface area contributed by atoms with E-state index >= 15 is 0 Å². The Kier molecular flexibility index (Phi) is 7.37. The van der Waals surface area contributed by atoms with Crippen molar-refractivity contribution >= 4 is 66.5 Å². The monoisotopic (exact) mass is 718 g/mol. The fraction of sp³-hybridized carbons (Fsp3) is 0.163. The van der Waals surface area contributed by atoms with Crippen LogP contribution in [0.25, 0.3) is 49.6 Å². The number of para-hydroxylation sites is 4. The molecule has 0 amide bonds. The highest BCUT2D eigenvalue weighted by atomic mass is 16.5. The van der Waals surface area contributed by atoms with E-state index in [1.54, 1.807) is 0 Å². The average molecular weight is 719 g/mol. The lowest BCUT2D eigenvalue weighted by Gasteiger charge is -2.25. The van der Waals surface area contributed by atoms with E-state index < -0.39 is 0 Å². The van der Waals surface area contributed by atoms with E-state index in [0.29, 0.717) is 6.67 Å². The Morgan fingerprint density at radius 3 is 2.15 bits per heavy atom. The van der Waals surface area contributed by atoms with Crippen molar-refractivity contribution in [2.45, 2.75) is 47.0 Å². The van der Waals surface area contributed by atoms with E-state index in [1.807, 2.05) is 24.4 Å². The van der Waals surface area contributed by atoms with Crippen LogP contribution in [0.5, 0.6) is 11.5 Å². The van der Waals surface area contributed by atoms with Crippen molar-refractivity contribution in [2.75, 3.05) is 16.5 Å². The van der Waals surface area contributed by atoms with Crippen molar-refractivity contribution in [3.8, 4) is 17.3 Å². The van der Waals surface area contributed by atoms with Gasteiger partial charge in [-0.2, -0.15) is 0 Å². The molecule has 6 heteroatoms. The number of hydrogen-bond donors (Lipinski definition) is 0. The maximum absolute atomic E-state index is 7.05. The first-order chi connectivity index (χ1) is 26.6. The second kappa shape index (κ2) is 12.3. The van der Waals surface area contributed by atoms with Crippen LogP contribution in [0.2, 0.25) is 0 Å². The first kappa shape index (κ1) is 33.1. The van der Waals surface area contributed by atoms with Crippen molar-refractivity contribution in [3.05, 3.63) is 156 Å². The van der Waals surface area contributed by atoms with Gasteiger partial charge in [-0.1, -0.05) is 93.1 Å². The zero-order chi connectivity index (χ0) is 37.6. The van der Waals surface area contributed by atoms with E-state index in [2.05, 4.69) is 165 Å². The Morgan fingerprint density at radius 1 is 0.655 bits per heavy atom. The van der Waals surface area contributed by atoms with Crippen LogP contribution in [0.4, 0.5) is 22.7 Å².